The molecule has 1 unspecified atom stereocenters. The van der Waals surface area contributed by atoms with Crippen molar-refractivity contribution in [1.82, 2.24) is 5.32 Å². The van der Waals surface area contributed by atoms with Crippen molar-refractivity contribution in [3.63, 3.8) is 0 Å². The summed E-state index contributed by atoms with van der Waals surface area (Å²) in [6, 6.07) is 11.3. The Bertz CT molecular complexity index is 625. The maximum atomic E-state index is 12.0. The van der Waals surface area contributed by atoms with Crippen molar-refractivity contribution in [2.75, 3.05) is 0 Å². The van der Waals surface area contributed by atoms with Crippen molar-refractivity contribution in [1.29, 1.82) is 0 Å². The highest BCUT2D eigenvalue weighted by molar-refractivity contribution is 5.98. The highest BCUT2D eigenvalue weighted by atomic mass is 16.3. The summed E-state index contributed by atoms with van der Waals surface area (Å²) in [6.07, 6.45) is 1.74. The monoisotopic (exact) mass is 270 g/mol. The van der Waals surface area contributed by atoms with Gasteiger partial charge in [-0.15, -0.1) is 0 Å². The molecule has 0 fully saturated rings. The molecule has 0 saturated heterocycles. The van der Waals surface area contributed by atoms with Gasteiger partial charge in [0.25, 0.3) is 5.91 Å². The molecule has 5 heteroatoms. The maximum absolute atomic E-state index is 12.0. The van der Waals surface area contributed by atoms with Crippen LogP contribution in [0.25, 0.3) is 0 Å². The van der Waals surface area contributed by atoms with E-state index in [0.717, 1.165) is 6.07 Å². The Labute approximate surface area is 115 Å². The fraction of sp³-hybridized carbons (Fsp3) is 0.0667. The minimum atomic E-state index is -0.920. The summed E-state index contributed by atoms with van der Waals surface area (Å²) < 4.78 is 0. The highest BCUT2D eigenvalue weighted by Gasteiger charge is 2.18. The molecule has 0 aliphatic heterocycles. The number of nitrogens with one attached hydrogen (secondary N) is 1. The van der Waals surface area contributed by atoms with Crippen molar-refractivity contribution in [3.8, 4) is 11.5 Å². The molecular weight excluding hydrogens is 258 g/mol. The third-order valence-corrected chi connectivity index (χ3v) is 2.75. The molecule has 2 rings (SSSR count). The molecule has 1 atom stereocenters. The molecular formula is C15H12NO4. The Kier molecular flexibility index (Phi) is 4.00. The topological polar surface area (TPSA) is 86.6 Å². The second-order valence-electron chi connectivity index (χ2n) is 4.14. The van der Waals surface area contributed by atoms with Crippen LogP contribution < -0.4 is 5.32 Å². The number of carbonyl (C=O) groups excluding carboxylic acids is 2. The molecule has 3 N–H and O–H groups in total. The number of phenols is 2. The van der Waals surface area contributed by atoms with Gasteiger partial charge in [-0.05, 0) is 17.7 Å². The molecule has 0 aromatic heterocycles. The second-order valence-corrected chi connectivity index (χ2v) is 4.14. The number of hydrogen-bond donors (Lipinski definition) is 3. The van der Waals surface area contributed by atoms with Gasteiger partial charge < -0.3 is 15.5 Å². The largest absolute Gasteiger partial charge is 0.508 e. The standard InChI is InChI=1S/C15H12NO4/c17-9-13(10-4-2-1-3-5-10)16-15(20)12-7-6-11(18)8-14(12)19/h1-8,13,18-19H,(H,16,20). The molecule has 1 amide bonds. The molecule has 0 aliphatic rings. The lowest BCUT2D eigenvalue weighted by atomic mass is 10.1. The van der Waals surface area contributed by atoms with Gasteiger partial charge in [-0.1, -0.05) is 30.3 Å². The number of rotatable bonds is 4. The Morgan fingerprint density at radius 3 is 2.40 bits per heavy atom. The smallest absolute Gasteiger partial charge is 0.255 e. The van der Waals surface area contributed by atoms with Crippen LogP contribution in [-0.4, -0.2) is 22.4 Å². The average molecular weight is 270 g/mol. The van der Waals surface area contributed by atoms with Crippen LogP contribution in [0, 0.1) is 0 Å². The van der Waals surface area contributed by atoms with Crippen molar-refractivity contribution >= 4 is 12.2 Å². The van der Waals surface area contributed by atoms with Crippen LogP contribution in [0.1, 0.15) is 22.0 Å². The predicted octanol–water partition coefficient (Wildman–Crippen LogP) is 1.68. The summed E-state index contributed by atoms with van der Waals surface area (Å²) >= 11 is 0. The molecule has 20 heavy (non-hydrogen) atoms. The van der Waals surface area contributed by atoms with E-state index in [2.05, 4.69) is 5.32 Å². The number of aromatic hydroxyl groups is 2. The summed E-state index contributed by atoms with van der Waals surface area (Å²) in [6.45, 7) is 0. The summed E-state index contributed by atoms with van der Waals surface area (Å²) in [7, 11) is 0. The lowest BCUT2D eigenvalue weighted by Crippen LogP contribution is -2.29. The number of amides is 1. The van der Waals surface area contributed by atoms with Gasteiger partial charge in [-0.25, -0.2) is 0 Å². The van der Waals surface area contributed by atoms with Gasteiger partial charge in [0.2, 0.25) is 6.29 Å². The summed E-state index contributed by atoms with van der Waals surface area (Å²) in [5.74, 6) is -1.14. The van der Waals surface area contributed by atoms with Gasteiger partial charge in [-0.3, -0.25) is 9.59 Å². The zero-order chi connectivity index (χ0) is 14.5. The summed E-state index contributed by atoms with van der Waals surface area (Å²) in [5, 5.41) is 21.2. The molecule has 2 aromatic rings. The molecule has 5 nitrogen and oxygen atoms in total. The van der Waals surface area contributed by atoms with E-state index in [1.54, 1.807) is 36.6 Å². The number of hydrogen-bond acceptors (Lipinski definition) is 4. The quantitative estimate of drug-likeness (QED) is 0.788. The molecule has 0 aliphatic carbocycles. The Morgan fingerprint density at radius 1 is 1.10 bits per heavy atom. The number of carbonyl (C=O) groups is 1. The summed E-state index contributed by atoms with van der Waals surface area (Å²) in [5.41, 5.74) is 0.563. The number of phenolic OH excluding ortho intramolecular Hbond substituents is 2. The molecule has 101 valence electrons. The van der Waals surface area contributed by atoms with Crippen LogP contribution in [-0.2, 0) is 4.79 Å². The normalized spacial score (nSPS) is 11.6. The van der Waals surface area contributed by atoms with Crippen molar-refractivity contribution in [3.05, 3.63) is 59.7 Å². The third-order valence-electron chi connectivity index (χ3n) is 2.75. The van der Waals surface area contributed by atoms with E-state index in [-0.39, 0.29) is 17.1 Å². The van der Waals surface area contributed by atoms with Crippen LogP contribution in [0.3, 0.4) is 0 Å². The predicted molar refractivity (Wildman–Crippen MR) is 72.1 cm³/mol. The van der Waals surface area contributed by atoms with Crippen molar-refractivity contribution in [2.45, 2.75) is 6.04 Å². The third kappa shape index (κ3) is 2.95. The van der Waals surface area contributed by atoms with E-state index in [0.29, 0.717) is 5.56 Å². The fourth-order valence-corrected chi connectivity index (χ4v) is 1.75. The maximum Gasteiger partial charge on any atom is 0.255 e. The minimum Gasteiger partial charge on any atom is -0.508 e. The molecule has 2 aromatic carbocycles. The molecule has 0 spiro atoms. The first-order valence-corrected chi connectivity index (χ1v) is 5.87. The van der Waals surface area contributed by atoms with Gasteiger partial charge in [-0.2, -0.15) is 0 Å². The molecule has 1 radical (unpaired) electrons. The Morgan fingerprint density at radius 2 is 1.80 bits per heavy atom. The first-order chi connectivity index (χ1) is 9.61. The fourth-order valence-electron chi connectivity index (χ4n) is 1.75. The zero-order valence-electron chi connectivity index (χ0n) is 10.4. The van der Waals surface area contributed by atoms with Crippen molar-refractivity contribution in [2.24, 2.45) is 0 Å². The van der Waals surface area contributed by atoms with Crippen molar-refractivity contribution < 1.29 is 19.8 Å². The van der Waals surface area contributed by atoms with E-state index >= 15 is 0 Å². The Hall–Kier alpha value is -2.82. The highest BCUT2D eigenvalue weighted by Crippen LogP contribution is 2.23. The van der Waals surface area contributed by atoms with Gasteiger partial charge in [0.15, 0.2) is 0 Å². The minimum absolute atomic E-state index is 0.0287. The molecule has 0 bridgehead atoms. The first-order valence-electron chi connectivity index (χ1n) is 5.87. The van der Waals surface area contributed by atoms with Crippen LogP contribution in [0.15, 0.2) is 48.5 Å². The van der Waals surface area contributed by atoms with E-state index in [9.17, 15) is 19.8 Å². The van der Waals surface area contributed by atoms with Crippen LogP contribution >= 0.6 is 0 Å². The van der Waals surface area contributed by atoms with Gasteiger partial charge in [0, 0.05) is 6.07 Å². The van der Waals surface area contributed by atoms with Gasteiger partial charge in [0.05, 0.1) is 5.56 Å². The van der Waals surface area contributed by atoms with Crippen LogP contribution in [0.2, 0.25) is 0 Å². The lowest BCUT2D eigenvalue weighted by molar-refractivity contribution is 0.0943. The van der Waals surface area contributed by atoms with Crippen LogP contribution in [0.4, 0.5) is 0 Å². The van der Waals surface area contributed by atoms with E-state index < -0.39 is 11.9 Å². The average Bonchev–Trinajstić information content (AvgIpc) is 2.45. The first kappa shape index (κ1) is 13.6. The molecule has 0 heterocycles. The molecule has 0 saturated carbocycles. The second kappa shape index (κ2) is 5.88. The van der Waals surface area contributed by atoms with Gasteiger partial charge in [0.1, 0.15) is 17.5 Å². The zero-order valence-corrected chi connectivity index (χ0v) is 10.4. The summed E-state index contributed by atoms with van der Waals surface area (Å²) in [4.78, 5) is 23.0. The van der Waals surface area contributed by atoms with E-state index in [1.165, 1.54) is 12.1 Å². The van der Waals surface area contributed by atoms with Crippen LogP contribution in [0.5, 0.6) is 11.5 Å². The van der Waals surface area contributed by atoms with E-state index in [1.807, 2.05) is 0 Å². The Balaban J connectivity index is 2.20. The lowest BCUT2D eigenvalue weighted by Gasteiger charge is -2.13. The number of benzene rings is 2. The van der Waals surface area contributed by atoms with E-state index in [4.69, 9.17) is 0 Å². The SMILES string of the molecule is O=[C]C(NC(=O)c1ccc(O)cc1O)c1ccccc1. The van der Waals surface area contributed by atoms with Gasteiger partial charge >= 0.3 is 0 Å².